The van der Waals surface area contributed by atoms with E-state index in [0.29, 0.717) is 0 Å². The second-order valence-corrected chi connectivity index (χ2v) is 16.7. The fraction of sp³-hybridized carbons (Fsp3) is 1.00. The third kappa shape index (κ3) is 29.9. The van der Waals surface area contributed by atoms with Gasteiger partial charge in [0.15, 0.2) is 0 Å². The van der Waals surface area contributed by atoms with Gasteiger partial charge in [0.05, 0.1) is 21.3 Å². The van der Waals surface area contributed by atoms with Crippen molar-refractivity contribution in [2.45, 2.75) is 39.4 Å². The zero-order valence-electron chi connectivity index (χ0n) is 23.0. The summed E-state index contributed by atoms with van der Waals surface area (Å²) >= 11 is 3.86. The van der Waals surface area contributed by atoms with Gasteiger partial charge in [0.1, 0.15) is 0 Å². The second-order valence-electron chi connectivity index (χ2n) is 9.33. The molecule has 2 fully saturated rings. The van der Waals surface area contributed by atoms with Crippen LogP contribution in [0, 0.1) is 0 Å². The van der Waals surface area contributed by atoms with E-state index >= 15 is 0 Å². The Balaban J connectivity index is -0.000000366. The number of hydrogen-bond donors (Lipinski definition) is 0. The summed E-state index contributed by atoms with van der Waals surface area (Å²) in [5.74, 6) is 2.56. The standard InChI is InChI=1S/C7H15NOS.C7H15NS.C7H19NSi.C2H6N.Y/c1-10-7-4-8-2-5-9-6-3-8;1-9-7-6-8-4-2-3-5-8;1-6-8(2)7-9(3,4)5;1-3-2;/h2-7H2,1H3;2-7H2,1H3;6-7H2,1-5H3;1-2H3;/q;;;-1;. The molecule has 0 unspecified atom stereocenters. The average Bonchev–Trinajstić information content (AvgIpc) is 3.25. The molecule has 0 N–H and O–H groups in total. The number of rotatable bonds is 9. The Kier molecular flexibility index (Phi) is 32.9. The fourth-order valence-corrected chi connectivity index (χ4v) is 5.92. The van der Waals surface area contributed by atoms with Crippen molar-refractivity contribution in [3.63, 3.8) is 0 Å². The molecule has 5 nitrogen and oxygen atoms in total. The fourth-order valence-electron chi connectivity index (χ4n) is 3.19. The average molecular weight is 585 g/mol. The van der Waals surface area contributed by atoms with Gasteiger partial charge in [-0.15, -0.1) is 0 Å². The van der Waals surface area contributed by atoms with Gasteiger partial charge in [-0.25, -0.2) is 0 Å². The van der Waals surface area contributed by atoms with E-state index in [1.54, 1.807) is 14.1 Å². The van der Waals surface area contributed by atoms with Crippen molar-refractivity contribution in [3.05, 3.63) is 5.32 Å². The van der Waals surface area contributed by atoms with E-state index in [1.807, 2.05) is 23.5 Å². The van der Waals surface area contributed by atoms with Crippen LogP contribution in [0.5, 0.6) is 0 Å². The van der Waals surface area contributed by atoms with Crippen LogP contribution in [0.25, 0.3) is 5.32 Å². The van der Waals surface area contributed by atoms with Crippen LogP contribution < -0.4 is 0 Å². The van der Waals surface area contributed by atoms with Crippen LogP contribution in [-0.4, -0.2) is 133 Å². The number of likely N-dealkylation sites (tertiary alicyclic amines) is 1. The molecule has 0 atom stereocenters. The van der Waals surface area contributed by atoms with Crippen molar-refractivity contribution in [1.82, 2.24) is 14.7 Å². The van der Waals surface area contributed by atoms with Gasteiger partial charge < -0.3 is 19.9 Å². The molecule has 0 amide bonds. The van der Waals surface area contributed by atoms with Gasteiger partial charge in [-0.2, -0.15) is 37.6 Å². The molecule has 0 bridgehead atoms. The first-order chi connectivity index (χ1) is 14.7. The van der Waals surface area contributed by atoms with Gasteiger partial charge in [-0.05, 0) is 58.2 Å². The zero-order valence-corrected chi connectivity index (χ0v) is 28.5. The molecule has 0 aromatic rings. The predicted octanol–water partition coefficient (Wildman–Crippen LogP) is 4.56. The summed E-state index contributed by atoms with van der Waals surface area (Å²) in [6.07, 6.45) is 8.50. The maximum atomic E-state index is 5.23. The molecule has 9 heteroatoms. The maximum absolute atomic E-state index is 5.23. The van der Waals surface area contributed by atoms with E-state index in [1.165, 1.54) is 63.2 Å². The van der Waals surface area contributed by atoms with Crippen molar-refractivity contribution in [1.29, 1.82) is 0 Å². The Bertz CT molecular complexity index is 357. The minimum atomic E-state index is -0.815. The summed E-state index contributed by atoms with van der Waals surface area (Å²) in [4.78, 5) is 7.41. The summed E-state index contributed by atoms with van der Waals surface area (Å²) in [5, 5.41) is 3.50. The van der Waals surface area contributed by atoms with E-state index in [-0.39, 0.29) is 32.7 Å². The molecule has 2 rings (SSSR count). The molecule has 0 aromatic carbocycles. The third-order valence-corrected chi connectivity index (χ3v) is 7.48. The van der Waals surface area contributed by atoms with E-state index in [2.05, 4.69) is 66.1 Å². The molecule has 0 aromatic heterocycles. The Morgan fingerprint density at radius 2 is 1.28 bits per heavy atom. The number of ether oxygens (including phenoxy) is 1. The first kappa shape index (κ1) is 38.4. The van der Waals surface area contributed by atoms with Crippen molar-refractivity contribution in [2.24, 2.45) is 0 Å². The minimum absolute atomic E-state index is 0. The molecule has 2 aliphatic rings. The summed E-state index contributed by atoms with van der Waals surface area (Å²) in [5.41, 5.74) is 0. The zero-order chi connectivity index (χ0) is 24.0. The Morgan fingerprint density at radius 1 is 0.875 bits per heavy atom. The van der Waals surface area contributed by atoms with E-state index < -0.39 is 8.07 Å². The van der Waals surface area contributed by atoms with Gasteiger partial charge in [0.2, 0.25) is 0 Å². The molecule has 0 spiro atoms. The van der Waals surface area contributed by atoms with Crippen LogP contribution in [0.4, 0.5) is 0 Å². The molecule has 2 heterocycles. The molecule has 193 valence electrons. The van der Waals surface area contributed by atoms with Crippen molar-refractivity contribution in [2.75, 3.05) is 110 Å². The molecular weight excluding hydrogens is 529 g/mol. The van der Waals surface area contributed by atoms with Crippen molar-refractivity contribution < 1.29 is 37.4 Å². The summed E-state index contributed by atoms with van der Waals surface area (Å²) < 4.78 is 5.23. The number of nitrogens with zero attached hydrogens (tertiary/aromatic N) is 4. The summed E-state index contributed by atoms with van der Waals surface area (Å²) in [7, 11) is 4.88. The van der Waals surface area contributed by atoms with Crippen LogP contribution in [0.2, 0.25) is 19.6 Å². The maximum Gasteiger partial charge on any atom is 0.0599 e. The quantitative estimate of drug-likeness (QED) is 0.370. The smallest absolute Gasteiger partial charge is 0.0599 e. The Labute approximate surface area is 237 Å². The van der Waals surface area contributed by atoms with Crippen molar-refractivity contribution >= 4 is 31.6 Å². The monoisotopic (exact) mass is 584 g/mol. The summed E-state index contributed by atoms with van der Waals surface area (Å²) in [6.45, 7) is 19.9. The van der Waals surface area contributed by atoms with E-state index in [9.17, 15) is 0 Å². The van der Waals surface area contributed by atoms with Gasteiger partial charge >= 0.3 is 0 Å². The second kappa shape index (κ2) is 27.4. The van der Waals surface area contributed by atoms with Crippen LogP contribution >= 0.6 is 23.5 Å². The number of morpholine rings is 1. The molecule has 0 aliphatic carbocycles. The van der Waals surface area contributed by atoms with Crippen LogP contribution in [-0.2, 0) is 37.4 Å². The van der Waals surface area contributed by atoms with Gasteiger partial charge in [-0.3, -0.25) is 4.90 Å². The molecular formula is C23H55N4OS2SiY-. The third-order valence-electron chi connectivity index (χ3n) is 4.81. The minimum Gasteiger partial charge on any atom is -0.668 e. The SMILES string of the molecule is CCN(C)C[Si](C)(C)C.CSCCN1CCCC1.CSCCN1CCOCC1.C[N-]C.[Y]. The van der Waals surface area contributed by atoms with Crippen LogP contribution in [0.3, 0.4) is 0 Å². The van der Waals surface area contributed by atoms with Gasteiger partial charge in [0, 0.05) is 70.4 Å². The number of hydrogen-bond acceptors (Lipinski definition) is 6. The topological polar surface area (TPSA) is 33.1 Å². The largest absolute Gasteiger partial charge is 0.668 e. The molecule has 2 saturated heterocycles. The first-order valence-electron chi connectivity index (χ1n) is 11.9. The predicted molar refractivity (Wildman–Crippen MR) is 151 cm³/mol. The molecule has 1 radical (unpaired) electrons. The van der Waals surface area contributed by atoms with Crippen molar-refractivity contribution in [3.8, 4) is 0 Å². The van der Waals surface area contributed by atoms with Gasteiger partial charge in [-0.1, -0.05) is 26.6 Å². The van der Waals surface area contributed by atoms with E-state index in [4.69, 9.17) is 4.74 Å². The normalized spacial score (nSPS) is 16.7. The molecule has 2 aliphatic heterocycles. The van der Waals surface area contributed by atoms with Gasteiger partial charge in [0.25, 0.3) is 0 Å². The van der Waals surface area contributed by atoms with Crippen LogP contribution in [0.1, 0.15) is 19.8 Å². The Morgan fingerprint density at radius 3 is 1.59 bits per heavy atom. The Hall–Kier alpha value is 1.82. The first-order valence-corrected chi connectivity index (χ1v) is 18.4. The van der Waals surface area contributed by atoms with E-state index in [0.717, 1.165) is 26.3 Å². The molecule has 0 saturated carbocycles. The summed E-state index contributed by atoms with van der Waals surface area (Å²) in [6, 6.07) is 0. The van der Waals surface area contributed by atoms with Crippen LogP contribution in [0.15, 0.2) is 0 Å². The number of thioether (sulfide) groups is 2. The molecule has 32 heavy (non-hydrogen) atoms.